The lowest BCUT2D eigenvalue weighted by Crippen LogP contribution is -2.17. The number of ether oxygens (including phenoxy) is 1. The summed E-state index contributed by atoms with van der Waals surface area (Å²) in [6.45, 7) is 5.31. The van der Waals surface area contributed by atoms with E-state index >= 15 is 0 Å². The molecule has 0 aliphatic heterocycles. The molecule has 190 valence electrons. The molecule has 1 aromatic heterocycles. The summed E-state index contributed by atoms with van der Waals surface area (Å²) in [5, 5.41) is 0.390. The highest BCUT2D eigenvalue weighted by atomic mass is 35.5. The van der Waals surface area contributed by atoms with Crippen molar-refractivity contribution in [1.29, 1.82) is 0 Å². The average Bonchev–Trinajstić information content (AvgIpc) is 3.20. The summed E-state index contributed by atoms with van der Waals surface area (Å²) < 4.78 is 7.36. The van der Waals surface area contributed by atoms with Crippen molar-refractivity contribution in [1.82, 2.24) is 9.55 Å². The summed E-state index contributed by atoms with van der Waals surface area (Å²) in [6, 6.07) is 12.9. The summed E-state index contributed by atoms with van der Waals surface area (Å²) >= 11 is 6.32. The van der Waals surface area contributed by atoms with E-state index in [1.165, 1.54) is 6.92 Å². The molecule has 1 heterocycles. The lowest BCUT2D eigenvalue weighted by Gasteiger charge is -2.17. The fraction of sp³-hybridized carbons (Fsp3) is 0.357. The van der Waals surface area contributed by atoms with Crippen LogP contribution in [0.5, 0.6) is 5.75 Å². The van der Waals surface area contributed by atoms with Gasteiger partial charge in [0.1, 0.15) is 5.75 Å². The van der Waals surface area contributed by atoms with Crippen LogP contribution in [0.2, 0.25) is 5.02 Å². The zero-order valence-corrected chi connectivity index (χ0v) is 21.8. The van der Waals surface area contributed by atoms with Crippen LogP contribution in [0.4, 0.5) is 0 Å². The highest BCUT2D eigenvalue weighted by Crippen LogP contribution is 2.29. The van der Waals surface area contributed by atoms with Crippen LogP contribution in [-0.2, 0) is 18.3 Å². The Kier molecular flexibility index (Phi) is 9.04. The first-order valence-electron chi connectivity index (χ1n) is 11.9. The number of aromatic nitrogens is 2. The molecule has 0 aliphatic rings. The lowest BCUT2D eigenvalue weighted by molar-refractivity contribution is -0.118. The van der Waals surface area contributed by atoms with E-state index in [9.17, 15) is 14.4 Å². The predicted octanol–water partition coefficient (Wildman–Crippen LogP) is 5.43. The molecule has 36 heavy (non-hydrogen) atoms. The molecule has 8 heteroatoms. The van der Waals surface area contributed by atoms with Gasteiger partial charge in [-0.05, 0) is 56.4 Å². The Morgan fingerprint density at radius 1 is 1.11 bits per heavy atom. The van der Waals surface area contributed by atoms with Crippen molar-refractivity contribution in [2.75, 3.05) is 0 Å². The number of hydrogen-bond donors (Lipinski definition) is 1. The van der Waals surface area contributed by atoms with E-state index in [0.29, 0.717) is 35.0 Å². The number of halogens is 1. The van der Waals surface area contributed by atoms with Crippen LogP contribution in [0.1, 0.15) is 66.6 Å². The number of nitrogens with two attached hydrogens (primary N) is 1. The van der Waals surface area contributed by atoms with Crippen LogP contribution in [0, 0.1) is 5.92 Å². The number of Topliss-reactive ketones (excluding diaryl/α,β-unsaturated/α-hetero) is 2. The topological polar surface area (TPSA) is 104 Å². The molecule has 0 aliphatic carbocycles. The largest absolute Gasteiger partial charge is 0.489 e. The Morgan fingerprint density at radius 2 is 1.81 bits per heavy atom. The molecule has 1 amide bonds. The van der Waals surface area contributed by atoms with Crippen molar-refractivity contribution in [3.63, 3.8) is 0 Å². The molecule has 1 atom stereocenters. The summed E-state index contributed by atoms with van der Waals surface area (Å²) in [5.74, 6) is 0.341. The first-order valence-corrected chi connectivity index (χ1v) is 12.3. The Morgan fingerprint density at radius 3 is 2.36 bits per heavy atom. The molecule has 0 radical (unpaired) electrons. The van der Waals surface area contributed by atoms with Crippen molar-refractivity contribution >= 4 is 29.1 Å². The van der Waals surface area contributed by atoms with Crippen LogP contribution in [0.3, 0.4) is 0 Å². The summed E-state index contributed by atoms with van der Waals surface area (Å²) in [7, 11) is 1.79. The number of aryl methyl sites for hydroxylation is 1. The zero-order valence-electron chi connectivity index (χ0n) is 21.1. The molecule has 2 aromatic carbocycles. The Bertz CT molecular complexity index is 1250. The Hall–Kier alpha value is -3.45. The number of carbonyl (C=O) groups is 3. The fourth-order valence-electron chi connectivity index (χ4n) is 4.10. The van der Waals surface area contributed by atoms with Gasteiger partial charge in [-0.25, -0.2) is 4.98 Å². The predicted molar refractivity (Wildman–Crippen MR) is 140 cm³/mol. The second-order valence-corrected chi connectivity index (χ2v) is 9.74. The first-order chi connectivity index (χ1) is 17.0. The SMILES string of the molecule is CC(=O)c1nc(-c2ccc(CC(CCC(N)=O)CC(=O)c3ccc(OC(C)C)c(Cl)c3)cc2)cn1C. The third-order valence-corrected chi connectivity index (χ3v) is 6.15. The number of amides is 1. The van der Waals surface area contributed by atoms with Gasteiger partial charge in [0.05, 0.1) is 16.8 Å². The fourth-order valence-corrected chi connectivity index (χ4v) is 4.33. The van der Waals surface area contributed by atoms with Gasteiger partial charge in [-0.3, -0.25) is 14.4 Å². The maximum atomic E-state index is 13.1. The normalized spacial score (nSPS) is 11.9. The minimum Gasteiger partial charge on any atom is -0.489 e. The van der Waals surface area contributed by atoms with Crippen LogP contribution in [-0.4, -0.2) is 33.1 Å². The van der Waals surface area contributed by atoms with E-state index in [1.807, 2.05) is 44.3 Å². The van der Waals surface area contributed by atoms with Crippen molar-refractivity contribution in [2.24, 2.45) is 18.7 Å². The number of carbonyl (C=O) groups excluding carboxylic acids is 3. The third kappa shape index (κ3) is 7.28. The molecule has 2 N–H and O–H groups in total. The van der Waals surface area contributed by atoms with E-state index in [0.717, 1.165) is 16.8 Å². The lowest BCUT2D eigenvalue weighted by atomic mass is 9.88. The monoisotopic (exact) mass is 509 g/mol. The molecule has 0 bridgehead atoms. The number of imidazole rings is 1. The van der Waals surface area contributed by atoms with E-state index in [2.05, 4.69) is 4.98 Å². The van der Waals surface area contributed by atoms with Gasteiger partial charge in [0.25, 0.3) is 0 Å². The van der Waals surface area contributed by atoms with Gasteiger partial charge in [-0.1, -0.05) is 35.9 Å². The number of rotatable bonds is 12. The van der Waals surface area contributed by atoms with Gasteiger partial charge in [-0.2, -0.15) is 0 Å². The minimum atomic E-state index is -0.391. The van der Waals surface area contributed by atoms with E-state index < -0.39 is 5.91 Å². The molecule has 3 aromatic rings. The number of ketones is 2. The number of primary amides is 1. The Balaban J connectivity index is 1.73. The zero-order chi connectivity index (χ0) is 26.4. The van der Waals surface area contributed by atoms with Gasteiger partial charge in [0.2, 0.25) is 5.91 Å². The highest BCUT2D eigenvalue weighted by Gasteiger charge is 2.19. The van der Waals surface area contributed by atoms with E-state index in [-0.39, 0.29) is 36.4 Å². The first kappa shape index (κ1) is 27.1. The van der Waals surface area contributed by atoms with E-state index in [4.69, 9.17) is 22.1 Å². The minimum absolute atomic E-state index is 0.0255. The molecular weight excluding hydrogens is 478 g/mol. The van der Waals surface area contributed by atoms with Crippen LogP contribution >= 0.6 is 11.6 Å². The molecule has 3 rings (SSSR count). The van der Waals surface area contributed by atoms with E-state index in [1.54, 1.807) is 29.8 Å². The molecule has 0 saturated heterocycles. The third-order valence-electron chi connectivity index (χ3n) is 5.85. The van der Waals surface area contributed by atoms with Crippen LogP contribution < -0.4 is 10.5 Å². The van der Waals surface area contributed by atoms with Crippen molar-refractivity contribution in [3.05, 3.63) is 70.6 Å². The van der Waals surface area contributed by atoms with Gasteiger partial charge >= 0.3 is 0 Å². The van der Waals surface area contributed by atoms with Gasteiger partial charge in [0.15, 0.2) is 17.4 Å². The Labute approximate surface area is 216 Å². The van der Waals surface area contributed by atoms with Crippen LogP contribution in [0.25, 0.3) is 11.3 Å². The van der Waals surface area contributed by atoms with Crippen molar-refractivity contribution in [2.45, 2.75) is 52.6 Å². The summed E-state index contributed by atoms with van der Waals surface area (Å²) in [6.07, 6.45) is 3.39. The number of hydrogen-bond acceptors (Lipinski definition) is 5. The van der Waals surface area contributed by atoms with Gasteiger partial charge in [-0.15, -0.1) is 0 Å². The molecule has 7 nitrogen and oxygen atoms in total. The standard InChI is InChI=1S/C28H32ClN3O4/c1-17(2)36-26-11-10-22(15-23(26)29)25(34)14-20(7-12-27(30)35)13-19-5-8-21(9-6-19)24-16-32(4)28(31-24)18(3)33/h5-6,8-11,15-17,20H,7,12-14H2,1-4H3,(H2,30,35). The molecule has 0 spiro atoms. The second-order valence-electron chi connectivity index (χ2n) is 9.33. The highest BCUT2D eigenvalue weighted by molar-refractivity contribution is 6.32. The number of nitrogens with zero attached hydrogens (tertiary/aromatic N) is 2. The van der Waals surface area contributed by atoms with Crippen molar-refractivity contribution < 1.29 is 19.1 Å². The molecular formula is C28H32ClN3O4. The summed E-state index contributed by atoms with van der Waals surface area (Å²) in [4.78, 5) is 40.6. The quantitative estimate of drug-likeness (QED) is 0.328. The number of benzene rings is 2. The molecule has 1 unspecified atom stereocenters. The van der Waals surface area contributed by atoms with Gasteiger partial charge < -0.3 is 15.0 Å². The maximum Gasteiger partial charge on any atom is 0.217 e. The summed E-state index contributed by atoms with van der Waals surface area (Å²) in [5.41, 5.74) is 8.53. The average molecular weight is 510 g/mol. The smallest absolute Gasteiger partial charge is 0.217 e. The van der Waals surface area contributed by atoms with Crippen molar-refractivity contribution in [3.8, 4) is 17.0 Å². The molecule has 0 fully saturated rings. The van der Waals surface area contributed by atoms with Gasteiger partial charge in [0, 0.05) is 44.1 Å². The second kappa shape index (κ2) is 12.0. The maximum absolute atomic E-state index is 13.1. The molecule has 0 saturated carbocycles. The van der Waals surface area contributed by atoms with Crippen LogP contribution in [0.15, 0.2) is 48.7 Å².